The Morgan fingerprint density at radius 1 is 1.30 bits per heavy atom. The lowest BCUT2D eigenvalue weighted by molar-refractivity contribution is -0.114. The van der Waals surface area contributed by atoms with E-state index in [0.29, 0.717) is 47.0 Å². The predicted octanol–water partition coefficient (Wildman–Crippen LogP) is 2.02. The number of carbonyl (C=O) groups is 2. The molecule has 0 unspecified atom stereocenters. The Kier molecular flexibility index (Phi) is 4.33. The van der Waals surface area contributed by atoms with Crippen LogP contribution in [0.1, 0.15) is 23.8 Å². The SMILES string of the molecule is CC(=O)Nc1ccc2oc(-c3ccnc(C(=O)N4CC[C@H](N)C4)c3)nc2c1. The van der Waals surface area contributed by atoms with Crippen LogP contribution in [-0.4, -0.2) is 45.8 Å². The average molecular weight is 365 g/mol. The molecule has 8 heteroatoms. The summed E-state index contributed by atoms with van der Waals surface area (Å²) in [6, 6.07) is 8.67. The number of nitrogens with zero attached hydrogens (tertiary/aromatic N) is 3. The van der Waals surface area contributed by atoms with E-state index < -0.39 is 0 Å². The van der Waals surface area contributed by atoms with Crippen molar-refractivity contribution in [3.05, 3.63) is 42.2 Å². The lowest BCUT2D eigenvalue weighted by Gasteiger charge is -2.15. The van der Waals surface area contributed by atoms with Crippen LogP contribution in [0.2, 0.25) is 0 Å². The summed E-state index contributed by atoms with van der Waals surface area (Å²) in [5.41, 5.74) is 8.73. The largest absolute Gasteiger partial charge is 0.436 e. The average Bonchev–Trinajstić information content (AvgIpc) is 3.26. The molecule has 4 rings (SSSR count). The van der Waals surface area contributed by atoms with Crippen LogP contribution in [0.3, 0.4) is 0 Å². The van der Waals surface area contributed by atoms with Gasteiger partial charge in [0.2, 0.25) is 11.8 Å². The number of amides is 2. The molecular formula is C19H19N5O3. The van der Waals surface area contributed by atoms with Crippen LogP contribution in [0.15, 0.2) is 40.9 Å². The number of nitrogens with one attached hydrogen (secondary N) is 1. The van der Waals surface area contributed by atoms with Gasteiger partial charge in [0.05, 0.1) is 0 Å². The normalized spacial score (nSPS) is 16.7. The van der Waals surface area contributed by atoms with Crippen molar-refractivity contribution in [1.82, 2.24) is 14.9 Å². The van der Waals surface area contributed by atoms with Gasteiger partial charge in [0.25, 0.3) is 5.91 Å². The first kappa shape index (κ1) is 17.2. The van der Waals surface area contributed by atoms with Gasteiger partial charge in [-0.3, -0.25) is 14.6 Å². The van der Waals surface area contributed by atoms with Gasteiger partial charge in [-0.2, -0.15) is 0 Å². The number of hydrogen-bond acceptors (Lipinski definition) is 6. The Morgan fingerprint density at radius 3 is 2.89 bits per heavy atom. The summed E-state index contributed by atoms with van der Waals surface area (Å²) in [5, 5.41) is 2.71. The number of hydrogen-bond donors (Lipinski definition) is 2. The monoisotopic (exact) mass is 365 g/mol. The second kappa shape index (κ2) is 6.81. The number of benzene rings is 1. The minimum atomic E-state index is -0.156. The van der Waals surface area contributed by atoms with E-state index >= 15 is 0 Å². The highest BCUT2D eigenvalue weighted by molar-refractivity contribution is 5.94. The van der Waals surface area contributed by atoms with E-state index in [1.807, 2.05) is 0 Å². The maximum absolute atomic E-state index is 12.6. The van der Waals surface area contributed by atoms with Crippen LogP contribution in [-0.2, 0) is 4.79 Å². The van der Waals surface area contributed by atoms with Crippen molar-refractivity contribution in [3.63, 3.8) is 0 Å². The molecule has 3 heterocycles. The highest BCUT2D eigenvalue weighted by atomic mass is 16.3. The minimum absolute atomic E-state index is 0.0204. The first-order valence-electron chi connectivity index (χ1n) is 8.69. The fraction of sp³-hybridized carbons (Fsp3) is 0.263. The molecule has 1 fully saturated rings. The van der Waals surface area contributed by atoms with Gasteiger partial charge in [-0.15, -0.1) is 0 Å². The third kappa shape index (κ3) is 3.52. The number of likely N-dealkylation sites (tertiary alicyclic amines) is 1. The summed E-state index contributed by atoms with van der Waals surface area (Å²) in [5.74, 6) is 0.0883. The van der Waals surface area contributed by atoms with E-state index in [2.05, 4.69) is 15.3 Å². The molecule has 3 aromatic rings. The maximum Gasteiger partial charge on any atom is 0.272 e. The topological polar surface area (TPSA) is 114 Å². The Balaban J connectivity index is 1.63. The van der Waals surface area contributed by atoms with Crippen LogP contribution < -0.4 is 11.1 Å². The van der Waals surface area contributed by atoms with Gasteiger partial charge in [0.15, 0.2) is 5.58 Å². The fourth-order valence-corrected chi connectivity index (χ4v) is 3.15. The molecule has 8 nitrogen and oxygen atoms in total. The third-order valence-electron chi connectivity index (χ3n) is 4.45. The molecule has 1 atom stereocenters. The van der Waals surface area contributed by atoms with Crippen molar-refractivity contribution in [2.75, 3.05) is 18.4 Å². The van der Waals surface area contributed by atoms with Crippen molar-refractivity contribution in [3.8, 4) is 11.5 Å². The first-order valence-corrected chi connectivity index (χ1v) is 8.69. The maximum atomic E-state index is 12.6. The van der Waals surface area contributed by atoms with Crippen LogP contribution in [0.5, 0.6) is 0 Å². The summed E-state index contributed by atoms with van der Waals surface area (Å²) in [6.07, 6.45) is 2.36. The molecule has 0 aliphatic carbocycles. The van der Waals surface area contributed by atoms with Gasteiger partial charge in [-0.25, -0.2) is 4.98 Å². The number of aromatic nitrogens is 2. The molecule has 1 saturated heterocycles. The molecule has 0 radical (unpaired) electrons. The number of pyridine rings is 1. The first-order chi connectivity index (χ1) is 13.0. The molecule has 2 amide bonds. The van der Waals surface area contributed by atoms with Crippen LogP contribution in [0.25, 0.3) is 22.6 Å². The van der Waals surface area contributed by atoms with Crippen molar-refractivity contribution in [2.45, 2.75) is 19.4 Å². The van der Waals surface area contributed by atoms with Gasteiger partial charge < -0.3 is 20.4 Å². The zero-order valence-corrected chi connectivity index (χ0v) is 14.8. The number of nitrogens with two attached hydrogens (primary N) is 1. The Labute approximate surface area is 155 Å². The number of carbonyl (C=O) groups excluding carboxylic acids is 2. The Bertz CT molecular complexity index is 1030. The Hall–Kier alpha value is -3.26. The van der Waals surface area contributed by atoms with E-state index in [-0.39, 0.29) is 17.9 Å². The van der Waals surface area contributed by atoms with Crippen molar-refractivity contribution in [2.24, 2.45) is 5.73 Å². The standard InChI is InChI=1S/C19H19N5O3/c1-11(25)22-14-2-3-17-15(9-14)23-18(27-17)12-4-6-21-16(8-12)19(26)24-7-5-13(20)10-24/h2-4,6,8-9,13H,5,7,10,20H2,1H3,(H,22,25)/t13-/m0/s1. The molecule has 1 aliphatic heterocycles. The third-order valence-corrected chi connectivity index (χ3v) is 4.45. The molecule has 2 aromatic heterocycles. The highest BCUT2D eigenvalue weighted by Gasteiger charge is 2.25. The van der Waals surface area contributed by atoms with Crippen molar-refractivity contribution >= 4 is 28.6 Å². The molecule has 27 heavy (non-hydrogen) atoms. The zero-order valence-electron chi connectivity index (χ0n) is 14.8. The summed E-state index contributed by atoms with van der Waals surface area (Å²) < 4.78 is 5.79. The predicted molar refractivity (Wildman–Crippen MR) is 100 cm³/mol. The zero-order chi connectivity index (χ0) is 19.0. The van der Waals surface area contributed by atoms with Gasteiger partial charge in [0, 0.05) is 43.5 Å². The second-order valence-electron chi connectivity index (χ2n) is 6.61. The molecule has 0 bridgehead atoms. The molecule has 3 N–H and O–H groups in total. The number of anilines is 1. The smallest absolute Gasteiger partial charge is 0.272 e. The molecule has 0 spiro atoms. The second-order valence-corrected chi connectivity index (χ2v) is 6.61. The van der Waals surface area contributed by atoms with Crippen molar-refractivity contribution in [1.29, 1.82) is 0 Å². The van der Waals surface area contributed by atoms with E-state index in [0.717, 1.165) is 6.42 Å². The lowest BCUT2D eigenvalue weighted by atomic mass is 10.2. The van der Waals surface area contributed by atoms with E-state index in [1.165, 1.54) is 6.92 Å². The molecule has 1 aromatic carbocycles. The van der Waals surface area contributed by atoms with Gasteiger partial charge >= 0.3 is 0 Å². The van der Waals surface area contributed by atoms with E-state index in [4.69, 9.17) is 10.2 Å². The summed E-state index contributed by atoms with van der Waals surface area (Å²) >= 11 is 0. The molecule has 138 valence electrons. The van der Waals surface area contributed by atoms with Crippen LogP contribution in [0.4, 0.5) is 5.69 Å². The highest BCUT2D eigenvalue weighted by Crippen LogP contribution is 2.26. The summed E-state index contributed by atoms with van der Waals surface area (Å²) in [6.45, 7) is 2.63. The fourth-order valence-electron chi connectivity index (χ4n) is 3.15. The van der Waals surface area contributed by atoms with Crippen molar-refractivity contribution < 1.29 is 14.0 Å². The summed E-state index contributed by atoms with van der Waals surface area (Å²) in [4.78, 5) is 34.2. The van der Waals surface area contributed by atoms with Gasteiger partial charge in [-0.05, 0) is 36.8 Å². The molecular weight excluding hydrogens is 346 g/mol. The molecule has 0 saturated carbocycles. The van der Waals surface area contributed by atoms with E-state index in [1.54, 1.807) is 41.4 Å². The molecule has 1 aliphatic rings. The van der Waals surface area contributed by atoms with Crippen LogP contribution in [0, 0.1) is 0 Å². The number of rotatable bonds is 3. The number of fused-ring (bicyclic) bond motifs is 1. The lowest BCUT2D eigenvalue weighted by Crippen LogP contribution is -2.32. The summed E-state index contributed by atoms with van der Waals surface area (Å²) in [7, 11) is 0. The number of oxazole rings is 1. The Morgan fingerprint density at radius 2 is 2.15 bits per heavy atom. The minimum Gasteiger partial charge on any atom is -0.436 e. The quantitative estimate of drug-likeness (QED) is 0.734. The van der Waals surface area contributed by atoms with E-state index in [9.17, 15) is 9.59 Å². The van der Waals surface area contributed by atoms with Gasteiger partial charge in [0.1, 0.15) is 11.2 Å². The van der Waals surface area contributed by atoms with Gasteiger partial charge in [-0.1, -0.05) is 0 Å². The van der Waals surface area contributed by atoms with Crippen LogP contribution >= 0.6 is 0 Å².